The fourth-order valence-corrected chi connectivity index (χ4v) is 2.17. The van der Waals surface area contributed by atoms with Gasteiger partial charge in [-0.2, -0.15) is 0 Å². The average Bonchev–Trinajstić information content (AvgIpc) is 2.77. The number of rotatable bonds is 4. The third-order valence-electron chi connectivity index (χ3n) is 3.25. The number of pyridine rings is 1. The molecule has 1 saturated heterocycles. The Morgan fingerprint density at radius 3 is 3.18 bits per heavy atom. The SMILES string of the molecule is CC1CCNC1C(=O)NCCc1cccnc1. The standard InChI is InChI=1S/C13H19N3O/c1-10-4-7-15-12(10)13(17)16-8-5-11-3-2-6-14-9-11/h2-3,6,9-10,12,15H,4-5,7-8H2,1H3,(H,16,17). The summed E-state index contributed by atoms with van der Waals surface area (Å²) >= 11 is 0. The van der Waals surface area contributed by atoms with Crippen LogP contribution in [0.2, 0.25) is 0 Å². The van der Waals surface area contributed by atoms with E-state index in [9.17, 15) is 4.79 Å². The van der Waals surface area contributed by atoms with Gasteiger partial charge in [0.2, 0.25) is 5.91 Å². The first-order valence-corrected chi connectivity index (χ1v) is 6.17. The van der Waals surface area contributed by atoms with E-state index in [-0.39, 0.29) is 11.9 Å². The van der Waals surface area contributed by atoms with Gasteiger partial charge in [-0.25, -0.2) is 0 Å². The van der Waals surface area contributed by atoms with Crippen LogP contribution in [0, 0.1) is 5.92 Å². The molecule has 0 aromatic carbocycles. The van der Waals surface area contributed by atoms with Crippen LogP contribution in [0.4, 0.5) is 0 Å². The van der Waals surface area contributed by atoms with E-state index in [1.165, 1.54) is 0 Å². The van der Waals surface area contributed by atoms with Crippen molar-refractivity contribution in [1.29, 1.82) is 0 Å². The summed E-state index contributed by atoms with van der Waals surface area (Å²) in [5.74, 6) is 0.562. The molecular formula is C13H19N3O. The van der Waals surface area contributed by atoms with Crippen molar-refractivity contribution in [1.82, 2.24) is 15.6 Å². The van der Waals surface area contributed by atoms with Crippen molar-refractivity contribution in [2.75, 3.05) is 13.1 Å². The molecule has 1 amide bonds. The number of amides is 1. The highest BCUT2D eigenvalue weighted by molar-refractivity contribution is 5.82. The van der Waals surface area contributed by atoms with Crippen molar-refractivity contribution >= 4 is 5.91 Å². The molecule has 0 bridgehead atoms. The van der Waals surface area contributed by atoms with Gasteiger partial charge in [-0.15, -0.1) is 0 Å². The number of nitrogens with zero attached hydrogens (tertiary/aromatic N) is 1. The summed E-state index contributed by atoms with van der Waals surface area (Å²) in [7, 11) is 0. The van der Waals surface area contributed by atoms with Crippen molar-refractivity contribution in [2.45, 2.75) is 25.8 Å². The smallest absolute Gasteiger partial charge is 0.237 e. The van der Waals surface area contributed by atoms with Crippen molar-refractivity contribution in [2.24, 2.45) is 5.92 Å². The molecule has 4 heteroatoms. The Morgan fingerprint density at radius 2 is 2.53 bits per heavy atom. The van der Waals surface area contributed by atoms with E-state index in [4.69, 9.17) is 0 Å². The molecule has 1 fully saturated rings. The first kappa shape index (κ1) is 12.0. The van der Waals surface area contributed by atoms with E-state index >= 15 is 0 Å². The van der Waals surface area contributed by atoms with Gasteiger partial charge in [0.15, 0.2) is 0 Å². The predicted molar refractivity (Wildman–Crippen MR) is 66.5 cm³/mol. The molecule has 2 rings (SSSR count). The molecule has 2 unspecified atom stereocenters. The van der Waals surface area contributed by atoms with Crippen LogP contribution in [0.5, 0.6) is 0 Å². The summed E-state index contributed by atoms with van der Waals surface area (Å²) in [6, 6.07) is 3.93. The number of carbonyl (C=O) groups is 1. The Balaban J connectivity index is 1.73. The summed E-state index contributed by atoms with van der Waals surface area (Å²) in [6.07, 6.45) is 5.51. The Hall–Kier alpha value is -1.42. The lowest BCUT2D eigenvalue weighted by molar-refractivity contribution is -0.123. The topological polar surface area (TPSA) is 54.0 Å². The van der Waals surface area contributed by atoms with Crippen LogP contribution in [0.15, 0.2) is 24.5 Å². The number of carbonyl (C=O) groups excluding carboxylic acids is 1. The highest BCUT2D eigenvalue weighted by atomic mass is 16.2. The second-order valence-corrected chi connectivity index (χ2v) is 4.60. The molecule has 1 aliphatic heterocycles. The first-order valence-electron chi connectivity index (χ1n) is 6.17. The zero-order valence-electron chi connectivity index (χ0n) is 10.1. The lowest BCUT2D eigenvalue weighted by atomic mass is 10.0. The second kappa shape index (κ2) is 5.77. The molecule has 0 saturated carbocycles. The van der Waals surface area contributed by atoms with E-state index in [2.05, 4.69) is 22.5 Å². The van der Waals surface area contributed by atoms with Gasteiger partial charge in [0.1, 0.15) is 0 Å². The van der Waals surface area contributed by atoms with Gasteiger partial charge in [-0.05, 0) is 36.9 Å². The zero-order chi connectivity index (χ0) is 12.1. The number of nitrogens with one attached hydrogen (secondary N) is 2. The van der Waals surface area contributed by atoms with Gasteiger partial charge in [0.05, 0.1) is 6.04 Å². The minimum absolute atomic E-state index is 0.0103. The molecule has 0 spiro atoms. The quantitative estimate of drug-likeness (QED) is 0.806. The maximum atomic E-state index is 11.9. The van der Waals surface area contributed by atoms with Crippen LogP contribution in [-0.2, 0) is 11.2 Å². The Kier molecular flexibility index (Phi) is 4.09. The fourth-order valence-electron chi connectivity index (χ4n) is 2.17. The second-order valence-electron chi connectivity index (χ2n) is 4.60. The molecule has 2 atom stereocenters. The third-order valence-corrected chi connectivity index (χ3v) is 3.25. The lowest BCUT2D eigenvalue weighted by Gasteiger charge is -2.15. The van der Waals surface area contributed by atoms with E-state index in [1.54, 1.807) is 6.20 Å². The summed E-state index contributed by atoms with van der Waals surface area (Å²) in [6.45, 7) is 3.74. The molecule has 4 nitrogen and oxygen atoms in total. The molecule has 2 N–H and O–H groups in total. The van der Waals surface area contributed by atoms with Gasteiger partial charge in [0, 0.05) is 18.9 Å². The molecule has 17 heavy (non-hydrogen) atoms. The largest absolute Gasteiger partial charge is 0.354 e. The van der Waals surface area contributed by atoms with Crippen LogP contribution in [-0.4, -0.2) is 30.0 Å². The minimum atomic E-state index is -0.0103. The van der Waals surface area contributed by atoms with E-state index < -0.39 is 0 Å². The highest BCUT2D eigenvalue weighted by Crippen LogP contribution is 2.14. The predicted octanol–water partition coefficient (Wildman–Crippen LogP) is 0.738. The van der Waals surface area contributed by atoms with Gasteiger partial charge >= 0.3 is 0 Å². The molecule has 0 radical (unpaired) electrons. The molecule has 0 aliphatic carbocycles. The highest BCUT2D eigenvalue weighted by Gasteiger charge is 2.28. The molecular weight excluding hydrogens is 214 g/mol. The van der Waals surface area contributed by atoms with Crippen LogP contribution in [0.1, 0.15) is 18.9 Å². The summed E-state index contributed by atoms with van der Waals surface area (Å²) < 4.78 is 0. The number of aromatic nitrogens is 1. The van der Waals surface area contributed by atoms with Crippen molar-refractivity contribution < 1.29 is 4.79 Å². The first-order chi connectivity index (χ1) is 8.27. The van der Waals surface area contributed by atoms with E-state index in [0.717, 1.165) is 24.9 Å². The average molecular weight is 233 g/mol. The fraction of sp³-hybridized carbons (Fsp3) is 0.538. The Morgan fingerprint density at radius 1 is 1.65 bits per heavy atom. The van der Waals surface area contributed by atoms with Crippen LogP contribution < -0.4 is 10.6 Å². The molecule has 2 heterocycles. The number of hydrogen-bond donors (Lipinski definition) is 2. The third kappa shape index (κ3) is 3.27. The van der Waals surface area contributed by atoms with Crippen LogP contribution in [0.25, 0.3) is 0 Å². The van der Waals surface area contributed by atoms with Crippen molar-refractivity contribution in [3.63, 3.8) is 0 Å². The van der Waals surface area contributed by atoms with Gasteiger partial charge in [-0.3, -0.25) is 9.78 Å². The normalized spacial score (nSPS) is 23.6. The molecule has 1 aromatic rings. The maximum absolute atomic E-state index is 11.9. The van der Waals surface area contributed by atoms with Crippen LogP contribution in [0.3, 0.4) is 0 Å². The molecule has 1 aromatic heterocycles. The molecule has 92 valence electrons. The lowest BCUT2D eigenvalue weighted by Crippen LogP contribution is -2.43. The van der Waals surface area contributed by atoms with Crippen molar-refractivity contribution in [3.05, 3.63) is 30.1 Å². The van der Waals surface area contributed by atoms with Gasteiger partial charge in [0.25, 0.3) is 0 Å². The monoisotopic (exact) mass is 233 g/mol. The maximum Gasteiger partial charge on any atom is 0.237 e. The van der Waals surface area contributed by atoms with E-state index in [0.29, 0.717) is 12.5 Å². The summed E-state index contributed by atoms with van der Waals surface area (Å²) in [5.41, 5.74) is 1.15. The van der Waals surface area contributed by atoms with Gasteiger partial charge < -0.3 is 10.6 Å². The number of hydrogen-bond acceptors (Lipinski definition) is 3. The van der Waals surface area contributed by atoms with Crippen LogP contribution >= 0.6 is 0 Å². The minimum Gasteiger partial charge on any atom is -0.354 e. The van der Waals surface area contributed by atoms with Gasteiger partial charge in [-0.1, -0.05) is 13.0 Å². The zero-order valence-corrected chi connectivity index (χ0v) is 10.1. The Labute approximate surface area is 102 Å². The van der Waals surface area contributed by atoms with E-state index in [1.807, 2.05) is 18.3 Å². The van der Waals surface area contributed by atoms with Crippen molar-refractivity contribution in [3.8, 4) is 0 Å². The summed E-state index contributed by atoms with van der Waals surface area (Å²) in [4.78, 5) is 15.9. The molecule has 1 aliphatic rings. The summed E-state index contributed by atoms with van der Waals surface area (Å²) in [5, 5.41) is 6.20. The Bertz CT molecular complexity index is 366.